The minimum Gasteiger partial charge on any atom is -0.454 e. The third kappa shape index (κ3) is 3.37. The van der Waals surface area contributed by atoms with Gasteiger partial charge in [-0.15, -0.1) is 0 Å². The predicted octanol–water partition coefficient (Wildman–Crippen LogP) is 3.38. The van der Waals surface area contributed by atoms with Crippen molar-refractivity contribution in [2.75, 3.05) is 19.9 Å². The van der Waals surface area contributed by atoms with Crippen LogP contribution in [0.4, 0.5) is 0 Å². The van der Waals surface area contributed by atoms with E-state index in [1.165, 1.54) is 16.7 Å². The number of benzene rings is 2. The molecular formula is C21H25NO3. The third-order valence-electron chi connectivity index (χ3n) is 5.47. The van der Waals surface area contributed by atoms with E-state index in [4.69, 9.17) is 9.47 Å². The van der Waals surface area contributed by atoms with Crippen LogP contribution in [-0.2, 0) is 6.54 Å². The third-order valence-corrected chi connectivity index (χ3v) is 5.47. The molecule has 0 amide bonds. The van der Waals surface area contributed by atoms with Crippen molar-refractivity contribution in [3.05, 3.63) is 58.7 Å². The first-order chi connectivity index (χ1) is 12.1. The van der Waals surface area contributed by atoms with Gasteiger partial charge in [0.15, 0.2) is 11.5 Å². The number of nitrogens with zero attached hydrogens (tertiary/aromatic N) is 1. The Bertz CT molecular complexity index is 774. The molecule has 0 saturated carbocycles. The van der Waals surface area contributed by atoms with Crippen LogP contribution in [0.5, 0.6) is 11.5 Å². The largest absolute Gasteiger partial charge is 0.454 e. The van der Waals surface area contributed by atoms with Gasteiger partial charge in [-0.05, 0) is 61.2 Å². The predicted molar refractivity (Wildman–Crippen MR) is 97.1 cm³/mol. The first-order valence-corrected chi connectivity index (χ1v) is 8.96. The number of hydrogen-bond donors (Lipinski definition) is 1. The zero-order valence-corrected chi connectivity index (χ0v) is 14.9. The van der Waals surface area contributed by atoms with Crippen molar-refractivity contribution in [3.8, 4) is 11.5 Å². The number of aliphatic hydroxyl groups is 1. The van der Waals surface area contributed by atoms with Crippen molar-refractivity contribution in [2.24, 2.45) is 0 Å². The lowest BCUT2D eigenvalue weighted by atomic mass is 9.86. The van der Waals surface area contributed by atoms with Crippen molar-refractivity contribution < 1.29 is 14.6 Å². The minimum absolute atomic E-state index is 0.158. The van der Waals surface area contributed by atoms with Crippen LogP contribution in [0.15, 0.2) is 36.4 Å². The molecule has 1 N–H and O–H groups in total. The number of piperidine rings is 1. The van der Waals surface area contributed by atoms with Gasteiger partial charge in [0.25, 0.3) is 0 Å². The first kappa shape index (κ1) is 16.4. The highest BCUT2D eigenvalue weighted by molar-refractivity contribution is 5.45. The van der Waals surface area contributed by atoms with E-state index in [-0.39, 0.29) is 18.8 Å². The van der Waals surface area contributed by atoms with E-state index in [2.05, 4.69) is 43.0 Å². The van der Waals surface area contributed by atoms with Crippen LogP contribution in [0.3, 0.4) is 0 Å². The average molecular weight is 339 g/mol. The van der Waals surface area contributed by atoms with Gasteiger partial charge in [0.1, 0.15) is 0 Å². The first-order valence-electron chi connectivity index (χ1n) is 8.96. The molecule has 1 saturated heterocycles. The fourth-order valence-corrected chi connectivity index (χ4v) is 3.83. The van der Waals surface area contributed by atoms with E-state index in [9.17, 15) is 5.11 Å². The summed E-state index contributed by atoms with van der Waals surface area (Å²) in [6, 6.07) is 12.7. The number of rotatable bonds is 3. The molecule has 0 aromatic heterocycles. The second-order valence-electron chi connectivity index (χ2n) is 7.23. The Morgan fingerprint density at radius 2 is 1.88 bits per heavy atom. The minimum atomic E-state index is -0.360. The van der Waals surface area contributed by atoms with E-state index in [0.717, 1.165) is 36.6 Å². The van der Waals surface area contributed by atoms with Gasteiger partial charge in [-0.25, -0.2) is 0 Å². The normalized spacial score (nSPS) is 23.0. The number of likely N-dealkylation sites (tertiary alicyclic amines) is 1. The topological polar surface area (TPSA) is 41.9 Å². The van der Waals surface area contributed by atoms with Crippen molar-refractivity contribution in [3.63, 3.8) is 0 Å². The van der Waals surface area contributed by atoms with Crippen LogP contribution < -0.4 is 9.47 Å². The van der Waals surface area contributed by atoms with E-state index in [1.807, 2.05) is 12.1 Å². The molecule has 2 atom stereocenters. The number of hydrogen-bond acceptors (Lipinski definition) is 4. The molecule has 0 radical (unpaired) electrons. The molecule has 0 spiro atoms. The van der Waals surface area contributed by atoms with Crippen LogP contribution in [0, 0.1) is 13.8 Å². The van der Waals surface area contributed by atoms with Gasteiger partial charge in [0.2, 0.25) is 6.79 Å². The second kappa shape index (κ2) is 6.70. The highest BCUT2D eigenvalue weighted by Gasteiger charge is 2.30. The summed E-state index contributed by atoms with van der Waals surface area (Å²) in [6.45, 7) is 7.16. The van der Waals surface area contributed by atoms with Crippen LogP contribution >= 0.6 is 0 Å². The number of β-amino-alcohol motifs (C(OH)–C–C–N with tert-alkyl or cyclic N) is 1. The molecule has 132 valence electrons. The fraction of sp³-hybridized carbons (Fsp3) is 0.429. The Morgan fingerprint density at radius 1 is 1.04 bits per heavy atom. The summed E-state index contributed by atoms with van der Waals surface area (Å²) in [6.07, 6.45) is 0.590. The van der Waals surface area contributed by atoms with Gasteiger partial charge in [0, 0.05) is 19.0 Å². The second-order valence-corrected chi connectivity index (χ2v) is 7.23. The fourth-order valence-electron chi connectivity index (χ4n) is 3.83. The van der Waals surface area contributed by atoms with E-state index in [0.29, 0.717) is 6.54 Å². The van der Waals surface area contributed by atoms with Crippen molar-refractivity contribution in [1.82, 2.24) is 4.90 Å². The average Bonchev–Trinajstić information content (AvgIpc) is 3.06. The van der Waals surface area contributed by atoms with Gasteiger partial charge in [-0.3, -0.25) is 4.90 Å². The van der Waals surface area contributed by atoms with Crippen molar-refractivity contribution in [1.29, 1.82) is 0 Å². The standard InChI is InChI=1S/C21H25NO3/c1-14-3-4-16(9-15(14)2)11-22-8-7-18(19(23)12-22)17-5-6-20-21(10-17)25-13-24-20/h3-6,9-10,18-19,23H,7-8,11-13H2,1-2H3/t18-,19+/m0/s1. The van der Waals surface area contributed by atoms with Crippen LogP contribution in [0.1, 0.15) is 34.6 Å². The molecule has 4 heteroatoms. The van der Waals surface area contributed by atoms with Crippen LogP contribution in [0.25, 0.3) is 0 Å². The molecule has 2 aliphatic rings. The van der Waals surface area contributed by atoms with Gasteiger partial charge in [0.05, 0.1) is 6.10 Å². The Morgan fingerprint density at radius 3 is 2.68 bits per heavy atom. The summed E-state index contributed by atoms with van der Waals surface area (Å²) in [4.78, 5) is 2.35. The molecule has 4 rings (SSSR count). The number of fused-ring (bicyclic) bond motifs is 1. The number of aliphatic hydroxyl groups excluding tert-OH is 1. The highest BCUT2D eigenvalue weighted by Crippen LogP contribution is 2.37. The van der Waals surface area contributed by atoms with Gasteiger partial charge < -0.3 is 14.6 Å². The number of ether oxygens (including phenoxy) is 2. The molecular weight excluding hydrogens is 314 g/mol. The lowest BCUT2D eigenvalue weighted by Gasteiger charge is -2.36. The molecule has 2 heterocycles. The van der Waals surface area contributed by atoms with Crippen molar-refractivity contribution >= 4 is 0 Å². The summed E-state index contributed by atoms with van der Waals surface area (Å²) >= 11 is 0. The summed E-state index contributed by atoms with van der Waals surface area (Å²) in [5.41, 5.74) is 5.11. The summed E-state index contributed by atoms with van der Waals surface area (Å²) in [5, 5.41) is 10.7. The Balaban J connectivity index is 1.42. The molecule has 0 unspecified atom stereocenters. The molecule has 2 aromatic rings. The van der Waals surface area contributed by atoms with E-state index >= 15 is 0 Å². The Kier molecular flexibility index (Phi) is 4.40. The maximum atomic E-state index is 10.7. The molecule has 0 aliphatic carbocycles. The maximum absolute atomic E-state index is 10.7. The SMILES string of the molecule is Cc1ccc(CN2CC[C@@H](c3ccc4c(c3)OCO4)[C@H](O)C2)cc1C. The summed E-state index contributed by atoms with van der Waals surface area (Å²) in [5.74, 6) is 1.75. The zero-order chi connectivity index (χ0) is 17.4. The van der Waals surface area contributed by atoms with Gasteiger partial charge in [-0.1, -0.05) is 24.3 Å². The van der Waals surface area contributed by atoms with Crippen molar-refractivity contribution in [2.45, 2.75) is 38.8 Å². The van der Waals surface area contributed by atoms with E-state index in [1.54, 1.807) is 0 Å². The molecule has 25 heavy (non-hydrogen) atoms. The van der Waals surface area contributed by atoms with Gasteiger partial charge in [-0.2, -0.15) is 0 Å². The summed E-state index contributed by atoms with van der Waals surface area (Å²) in [7, 11) is 0. The van der Waals surface area contributed by atoms with E-state index < -0.39 is 0 Å². The lowest BCUT2D eigenvalue weighted by Crippen LogP contribution is -2.42. The van der Waals surface area contributed by atoms with Crippen LogP contribution in [-0.4, -0.2) is 36.0 Å². The maximum Gasteiger partial charge on any atom is 0.231 e. The zero-order valence-electron chi connectivity index (χ0n) is 14.9. The molecule has 0 bridgehead atoms. The van der Waals surface area contributed by atoms with Crippen LogP contribution in [0.2, 0.25) is 0 Å². The smallest absolute Gasteiger partial charge is 0.231 e. The molecule has 1 fully saturated rings. The Hall–Kier alpha value is -2.04. The molecule has 2 aliphatic heterocycles. The monoisotopic (exact) mass is 339 g/mol. The van der Waals surface area contributed by atoms with Gasteiger partial charge >= 0.3 is 0 Å². The molecule has 4 nitrogen and oxygen atoms in total. The number of aryl methyl sites for hydroxylation is 2. The lowest BCUT2D eigenvalue weighted by molar-refractivity contribution is 0.0476. The quantitative estimate of drug-likeness (QED) is 0.931. The summed E-state index contributed by atoms with van der Waals surface area (Å²) < 4.78 is 10.8. The Labute approximate surface area is 149 Å². The highest BCUT2D eigenvalue weighted by atomic mass is 16.7. The molecule has 2 aromatic carbocycles.